The van der Waals surface area contributed by atoms with Crippen molar-refractivity contribution in [2.75, 3.05) is 38.7 Å². The first-order valence-electron chi connectivity index (χ1n) is 10.8. The summed E-state index contributed by atoms with van der Waals surface area (Å²) in [6.07, 6.45) is 4.71. The number of aryl methyl sites for hydroxylation is 2. The van der Waals surface area contributed by atoms with Gasteiger partial charge in [0.1, 0.15) is 6.10 Å². The molecule has 0 aliphatic carbocycles. The Hall–Kier alpha value is -2.83. The molecule has 3 heterocycles. The Balaban J connectivity index is 1.44. The van der Waals surface area contributed by atoms with Crippen molar-refractivity contribution in [3.05, 3.63) is 82.4 Å². The highest BCUT2D eigenvalue weighted by Gasteiger charge is 2.24. The molecule has 1 aromatic carbocycles. The summed E-state index contributed by atoms with van der Waals surface area (Å²) in [4.78, 5) is 18.0. The number of rotatable bonds is 6. The van der Waals surface area contributed by atoms with Gasteiger partial charge in [0.05, 0.1) is 12.3 Å². The summed E-state index contributed by atoms with van der Waals surface area (Å²) < 4.78 is 6.12. The zero-order chi connectivity index (χ0) is 21.8. The Kier molecular flexibility index (Phi) is 6.59. The number of aromatic nitrogens is 3. The van der Waals surface area contributed by atoms with Crippen molar-refractivity contribution in [2.24, 2.45) is 0 Å². The van der Waals surface area contributed by atoms with Gasteiger partial charge in [-0.1, -0.05) is 29.8 Å². The van der Waals surface area contributed by atoms with Gasteiger partial charge in [0.25, 0.3) is 0 Å². The molecule has 31 heavy (non-hydrogen) atoms. The maximum atomic E-state index is 6.12. The molecule has 6 heteroatoms. The lowest BCUT2D eigenvalue weighted by Crippen LogP contribution is -2.38. The molecule has 1 atom stereocenters. The fraction of sp³-hybridized carbons (Fsp3) is 0.400. The Morgan fingerprint density at radius 1 is 1.00 bits per heavy atom. The van der Waals surface area contributed by atoms with Gasteiger partial charge in [-0.3, -0.25) is 9.88 Å². The molecular weight excluding hydrogens is 386 g/mol. The lowest BCUT2D eigenvalue weighted by atomic mass is 10.0. The number of morpholine rings is 1. The summed E-state index contributed by atoms with van der Waals surface area (Å²) in [5, 5.41) is 0. The molecule has 1 fully saturated rings. The van der Waals surface area contributed by atoms with Crippen LogP contribution in [0, 0.1) is 13.8 Å². The molecule has 4 rings (SSSR count). The van der Waals surface area contributed by atoms with Crippen LogP contribution in [0.1, 0.15) is 39.7 Å². The summed E-state index contributed by atoms with van der Waals surface area (Å²) >= 11 is 0. The van der Waals surface area contributed by atoms with Crippen LogP contribution in [0.2, 0.25) is 0 Å². The van der Waals surface area contributed by atoms with Crippen LogP contribution in [0.25, 0.3) is 0 Å². The van der Waals surface area contributed by atoms with Gasteiger partial charge in [-0.05, 0) is 43.5 Å². The summed E-state index contributed by atoms with van der Waals surface area (Å²) in [7, 11) is 3.90. The summed E-state index contributed by atoms with van der Waals surface area (Å²) in [5.41, 5.74) is 7.05. The third-order valence-corrected chi connectivity index (χ3v) is 5.54. The van der Waals surface area contributed by atoms with E-state index in [0.717, 1.165) is 49.0 Å². The zero-order valence-electron chi connectivity index (χ0n) is 18.9. The van der Waals surface area contributed by atoms with Gasteiger partial charge in [-0.25, -0.2) is 9.97 Å². The lowest BCUT2D eigenvalue weighted by molar-refractivity contribution is -0.0351. The Bertz CT molecular complexity index is 1000. The molecule has 1 saturated heterocycles. The summed E-state index contributed by atoms with van der Waals surface area (Å²) in [5.74, 6) is 0.730. The van der Waals surface area contributed by atoms with E-state index < -0.39 is 0 Å². The Morgan fingerprint density at radius 3 is 2.45 bits per heavy atom. The van der Waals surface area contributed by atoms with Gasteiger partial charge in [0, 0.05) is 57.4 Å². The molecule has 0 saturated carbocycles. The minimum Gasteiger partial charge on any atom is -0.369 e. The maximum absolute atomic E-state index is 6.12. The van der Waals surface area contributed by atoms with E-state index in [2.05, 4.69) is 65.1 Å². The second kappa shape index (κ2) is 9.54. The van der Waals surface area contributed by atoms with Gasteiger partial charge >= 0.3 is 0 Å². The van der Waals surface area contributed by atoms with Gasteiger partial charge in [0.15, 0.2) is 0 Å². The van der Waals surface area contributed by atoms with Crippen LogP contribution in [-0.2, 0) is 17.7 Å². The van der Waals surface area contributed by atoms with Crippen molar-refractivity contribution >= 4 is 5.95 Å². The van der Waals surface area contributed by atoms with E-state index in [-0.39, 0.29) is 6.10 Å². The second-order valence-electron chi connectivity index (χ2n) is 8.58. The van der Waals surface area contributed by atoms with Crippen molar-refractivity contribution in [1.29, 1.82) is 0 Å². The van der Waals surface area contributed by atoms with E-state index in [4.69, 9.17) is 9.72 Å². The first-order chi connectivity index (χ1) is 15.0. The normalized spacial score (nSPS) is 17.0. The van der Waals surface area contributed by atoms with Crippen molar-refractivity contribution in [3.63, 3.8) is 0 Å². The third-order valence-electron chi connectivity index (χ3n) is 5.54. The smallest absolute Gasteiger partial charge is 0.224 e. The largest absolute Gasteiger partial charge is 0.369 e. The van der Waals surface area contributed by atoms with Crippen LogP contribution in [0.5, 0.6) is 0 Å². The number of pyridine rings is 1. The van der Waals surface area contributed by atoms with Crippen LogP contribution in [-0.4, -0.2) is 53.6 Å². The number of nitrogens with zero attached hydrogens (tertiary/aromatic N) is 5. The van der Waals surface area contributed by atoms with Crippen molar-refractivity contribution in [2.45, 2.75) is 32.9 Å². The second-order valence-corrected chi connectivity index (χ2v) is 8.58. The molecule has 0 radical (unpaired) electrons. The molecule has 1 aliphatic heterocycles. The van der Waals surface area contributed by atoms with Crippen molar-refractivity contribution < 1.29 is 4.74 Å². The third kappa shape index (κ3) is 5.66. The molecule has 0 spiro atoms. The van der Waals surface area contributed by atoms with Crippen LogP contribution in [0.4, 0.5) is 5.95 Å². The lowest BCUT2D eigenvalue weighted by Gasteiger charge is -2.32. The minimum atomic E-state index is -0.0209. The number of hydrogen-bond donors (Lipinski definition) is 0. The van der Waals surface area contributed by atoms with E-state index in [1.165, 1.54) is 16.7 Å². The molecule has 0 N–H and O–H groups in total. The van der Waals surface area contributed by atoms with E-state index in [1.807, 2.05) is 31.4 Å². The van der Waals surface area contributed by atoms with Crippen molar-refractivity contribution in [1.82, 2.24) is 19.9 Å². The first kappa shape index (κ1) is 21.4. The molecular formula is C25H31N5O. The summed E-state index contributed by atoms with van der Waals surface area (Å²) in [6.45, 7) is 7.41. The fourth-order valence-electron chi connectivity index (χ4n) is 3.92. The Morgan fingerprint density at radius 2 is 1.74 bits per heavy atom. The highest BCUT2D eigenvalue weighted by molar-refractivity contribution is 5.31. The predicted octanol–water partition coefficient (Wildman–Crippen LogP) is 3.72. The molecule has 0 unspecified atom stereocenters. The van der Waals surface area contributed by atoms with E-state index in [1.54, 1.807) is 0 Å². The highest BCUT2D eigenvalue weighted by Crippen LogP contribution is 2.24. The van der Waals surface area contributed by atoms with E-state index in [9.17, 15) is 0 Å². The van der Waals surface area contributed by atoms with Crippen LogP contribution >= 0.6 is 0 Å². The van der Waals surface area contributed by atoms with Crippen LogP contribution < -0.4 is 4.90 Å². The summed E-state index contributed by atoms with van der Waals surface area (Å²) in [6, 6.07) is 13.1. The topological polar surface area (TPSA) is 54.4 Å². The maximum Gasteiger partial charge on any atom is 0.224 e. The fourth-order valence-corrected chi connectivity index (χ4v) is 3.92. The van der Waals surface area contributed by atoms with Gasteiger partial charge < -0.3 is 9.64 Å². The first-order valence-corrected chi connectivity index (χ1v) is 10.8. The molecule has 1 aliphatic rings. The molecule has 162 valence electrons. The molecule has 6 nitrogen and oxygen atoms in total. The zero-order valence-corrected chi connectivity index (χ0v) is 18.9. The SMILES string of the molecule is Cc1ccc(Cc2cc(C)nc([C@@H]3CN(Cc4cnc(N(C)C)nc4)CCO3)c2)cc1. The van der Waals surface area contributed by atoms with Gasteiger partial charge in [0.2, 0.25) is 5.95 Å². The molecule has 0 bridgehead atoms. The number of anilines is 1. The van der Waals surface area contributed by atoms with Gasteiger partial charge in [-0.2, -0.15) is 0 Å². The standard InChI is InChI=1S/C25H31N5O/c1-18-5-7-20(8-6-18)12-21-11-19(2)28-23(13-21)24-17-30(9-10-31-24)16-22-14-26-25(27-15-22)29(3)4/h5-8,11,13-15,24H,9-10,12,16-17H2,1-4H3/t24-/m0/s1. The minimum absolute atomic E-state index is 0.0209. The quantitative estimate of drug-likeness (QED) is 0.609. The number of hydrogen-bond acceptors (Lipinski definition) is 6. The van der Waals surface area contributed by atoms with Gasteiger partial charge in [-0.15, -0.1) is 0 Å². The van der Waals surface area contributed by atoms with Crippen LogP contribution in [0.15, 0.2) is 48.8 Å². The molecule has 0 amide bonds. The average molecular weight is 418 g/mol. The van der Waals surface area contributed by atoms with Crippen LogP contribution in [0.3, 0.4) is 0 Å². The van der Waals surface area contributed by atoms with Crippen molar-refractivity contribution in [3.8, 4) is 0 Å². The number of ether oxygens (including phenoxy) is 1. The van der Waals surface area contributed by atoms with E-state index >= 15 is 0 Å². The van der Waals surface area contributed by atoms with E-state index in [0.29, 0.717) is 6.61 Å². The number of benzene rings is 1. The molecule has 3 aromatic rings. The Labute approximate surface area is 184 Å². The predicted molar refractivity (Wildman–Crippen MR) is 123 cm³/mol. The highest BCUT2D eigenvalue weighted by atomic mass is 16.5. The average Bonchev–Trinajstić information content (AvgIpc) is 2.75. The molecule has 2 aromatic heterocycles. The monoisotopic (exact) mass is 417 g/mol.